The van der Waals surface area contributed by atoms with Gasteiger partial charge in [-0.3, -0.25) is 4.79 Å². The van der Waals surface area contributed by atoms with Crippen LogP contribution in [0.3, 0.4) is 0 Å². The van der Waals surface area contributed by atoms with Gasteiger partial charge in [0.1, 0.15) is 11.3 Å². The van der Waals surface area contributed by atoms with Gasteiger partial charge in [0.25, 0.3) is 0 Å². The topological polar surface area (TPSA) is 101 Å². The molecule has 0 radical (unpaired) electrons. The summed E-state index contributed by atoms with van der Waals surface area (Å²) in [6.07, 6.45) is 1.20. The van der Waals surface area contributed by atoms with Crippen molar-refractivity contribution in [1.82, 2.24) is 5.32 Å². The van der Waals surface area contributed by atoms with Crippen LogP contribution < -0.4 is 5.32 Å². The van der Waals surface area contributed by atoms with E-state index in [0.717, 1.165) is 6.26 Å². The van der Waals surface area contributed by atoms with E-state index in [1.165, 1.54) is 6.92 Å². The number of carboxylic acids is 1. The van der Waals surface area contributed by atoms with Crippen molar-refractivity contribution in [2.75, 3.05) is 6.26 Å². The number of nitrogens with one attached hydrogen (secondary N) is 1. The van der Waals surface area contributed by atoms with Crippen LogP contribution in [-0.4, -0.2) is 42.9 Å². The van der Waals surface area contributed by atoms with Crippen molar-refractivity contribution in [3.63, 3.8) is 0 Å². The molecule has 2 unspecified atom stereocenters. The minimum Gasteiger partial charge on any atom is -0.480 e. The predicted molar refractivity (Wildman–Crippen MR) is 63.3 cm³/mol. The van der Waals surface area contributed by atoms with Gasteiger partial charge in [0.05, 0.1) is 0 Å². The average molecular weight is 265 g/mol. The molecule has 2 N–H and O–H groups in total. The van der Waals surface area contributed by atoms with E-state index in [0.29, 0.717) is 0 Å². The van der Waals surface area contributed by atoms with Crippen molar-refractivity contribution >= 4 is 21.7 Å². The Kier molecular flexibility index (Phi) is 5.60. The SMILES string of the molecule is CC(C)CC(NC(=O)C(C)S(C)(=O)=O)C(=O)O. The Bertz CT molecular complexity index is 388. The van der Waals surface area contributed by atoms with E-state index in [-0.39, 0.29) is 12.3 Å². The summed E-state index contributed by atoms with van der Waals surface area (Å²) in [5, 5.41) is 9.89. The standard InChI is InChI=1S/C10H19NO5S/c1-6(2)5-8(10(13)14)11-9(12)7(3)17(4,15)16/h6-8H,5H2,1-4H3,(H,11,12)(H,13,14). The number of hydrogen-bond acceptors (Lipinski definition) is 4. The summed E-state index contributed by atoms with van der Waals surface area (Å²) >= 11 is 0. The largest absolute Gasteiger partial charge is 0.480 e. The van der Waals surface area contributed by atoms with Gasteiger partial charge in [0.15, 0.2) is 9.84 Å². The van der Waals surface area contributed by atoms with Crippen LogP contribution in [-0.2, 0) is 19.4 Å². The Morgan fingerprint density at radius 3 is 2.00 bits per heavy atom. The molecule has 17 heavy (non-hydrogen) atoms. The molecule has 2 atom stereocenters. The summed E-state index contributed by atoms with van der Waals surface area (Å²) in [4.78, 5) is 22.4. The predicted octanol–water partition coefficient (Wildman–Crippen LogP) is 0.0350. The van der Waals surface area contributed by atoms with E-state index in [2.05, 4.69) is 5.32 Å². The molecule has 0 fully saturated rings. The second-order valence-electron chi connectivity index (χ2n) is 4.50. The van der Waals surface area contributed by atoms with Crippen LogP contribution in [0.2, 0.25) is 0 Å². The molecule has 0 heterocycles. The van der Waals surface area contributed by atoms with Crippen molar-refractivity contribution in [2.45, 2.75) is 38.5 Å². The third-order valence-electron chi connectivity index (χ3n) is 2.33. The first-order chi connectivity index (χ1) is 7.55. The number of carboxylic acid groups (broad SMARTS) is 1. The van der Waals surface area contributed by atoms with Crippen LogP contribution in [0, 0.1) is 5.92 Å². The van der Waals surface area contributed by atoms with Crippen LogP contribution in [0.4, 0.5) is 0 Å². The average Bonchev–Trinajstić information content (AvgIpc) is 2.13. The first-order valence-electron chi connectivity index (χ1n) is 5.27. The number of aliphatic carboxylic acids is 1. The first kappa shape index (κ1) is 15.9. The molecule has 0 aromatic rings. The van der Waals surface area contributed by atoms with Gasteiger partial charge in [-0.1, -0.05) is 13.8 Å². The van der Waals surface area contributed by atoms with Crippen LogP contribution >= 0.6 is 0 Å². The van der Waals surface area contributed by atoms with E-state index >= 15 is 0 Å². The molecular weight excluding hydrogens is 246 g/mol. The lowest BCUT2D eigenvalue weighted by Gasteiger charge is -2.18. The zero-order valence-corrected chi connectivity index (χ0v) is 11.2. The molecule has 6 nitrogen and oxygen atoms in total. The van der Waals surface area contributed by atoms with Gasteiger partial charge in [-0.15, -0.1) is 0 Å². The van der Waals surface area contributed by atoms with Crippen molar-refractivity contribution in [3.8, 4) is 0 Å². The Balaban J connectivity index is 4.68. The summed E-state index contributed by atoms with van der Waals surface area (Å²) in [6.45, 7) is 4.88. The first-order valence-corrected chi connectivity index (χ1v) is 7.23. The van der Waals surface area contributed by atoms with Crippen LogP contribution in [0.1, 0.15) is 27.2 Å². The number of amides is 1. The molecule has 0 bridgehead atoms. The minimum atomic E-state index is -3.51. The van der Waals surface area contributed by atoms with Gasteiger partial charge in [0.2, 0.25) is 5.91 Å². The number of sulfone groups is 1. The maximum Gasteiger partial charge on any atom is 0.326 e. The molecule has 0 aromatic carbocycles. The molecule has 0 aliphatic rings. The second kappa shape index (κ2) is 6.00. The van der Waals surface area contributed by atoms with Gasteiger partial charge in [-0.2, -0.15) is 0 Å². The highest BCUT2D eigenvalue weighted by molar-refractivity contribution is 7.92. The molecule has 1 amide bonds. The summed E-state index contributed by atoms with van der Waals surface area (Å²) < 4.78 is 22.3. The third kappa shape index (κ3) is 5.67. The number of carbonyl (C=O) groups is 2. The monoisotopic (exact) mass is 265 g/mol. The lowest BCUT2D eigenvalue weighted by atomic mass is 10.0. The molecular formula is C10H19NO5S. The van der Waals surface area contributed by atoms with Gasteiger partial charge in [-0.05, 0) is 19.3 Å². The van der Waals surface area contributed by atoms with Gasteiger partial charge in [0, 0.05) is 6.26 Å². The smallest absolute Gasteiger partial charge is 0.326 e. The Morgan fingerprint density at radius 1 is 1.24 bits per heavy atom. The highest BCUT2D eigenvalue weighted by Gasteiger charge is 2.28. The summed E-state index contributed by atoms with van der Waals surface area (Å²) in [6, 6.07) is -1.05. The van der Waals surface area contributed by atoms with Gasteiger partial charge < -0.3 is 10.4 Å². The second-order valence-corrected chi connectivity index (χ2v) is 6.87. The van der Waals surface area contributed by atoms with E-state index in [1.807, 2.05) is 13.8 Å². The Morgan fingerprint density at radius 2 is 1.71 bits per heavy atom. The molecule has 0 aliphatic carbocycles. The van der Waals surface area contributed by atoms with E-state index < -0.39 is 33.0 Å². The summed E-state index contributed by atoms with van der Waals surface area (Å²) in [5.41, 5.74) is 0. The maximum atomic E-state index is 11.5. The summed E-state index contributed by atoms with van der Waals surface area (Å²) in [7, 11) is -3.51. The van der Waals surface area contributed by atoms with Crippen molar-refractivity contribution in [2.24, 2.45) is 5.92 Å². The molecule has 0 aliphatic heterocycles. The number of hydrogen-bond donors (Lipinski definition) is 2. The zero-order valence-electron chi connectivity index (χ0n) is 10.4. The minimum absolute atomic E-state index is 0.0879. The van der Waals surface area contributed by atoms with E-state index in [9.17, 15) is 18.0 Å². The van der Waals surface area contributed by atoms with Crippen LogP contribution in [0.15, 0.2) is 0 Å². The lowest BCUT2D eigenvalue weighted by molar-refractivity contribution is -0.142. The quantitative estimate of drug-likeness (QED) is 0.706. The molecule has 0 rings (SSSR count). The summed E-state index contributed by atoms with van der Waals surface area (Å²) in [5.74, 6) is -1.85. The van der Waals surface area contributed by atoms with Crippen LogP contribution in [0.5, 0.6) is 0 Å². The highest BCUT2D eigenvalue weighted by Crippen LogP contribution is 2.06. The number of rotatable bonds is 6. The van der Waals surface area contributed by atoms with Gasteiger partial charge in [-0.25, -0.2) is 13.2 Å². The number of carbonyl (C=O) groups excluding carboxylic acids is 1. The maximum absolute atomic E-state index is 11.5. The highest BCUT2D eigenvalue weighted by atomic mass is 32.2. The van der Waals surface area contributed by atoms with Gasteiger partial charge >= 0.3 is 5.97 Å². The lowest BCUT2D eigenvalue weighted by Crippen LogP contribution is -2.47. The fourth-order valence-corrected chi connectivity index (χ4v) is 1.63. The zero-order chi connectivity index (χ0) is 13.8. The van der Waals surface area contributed by atoms with E-state index in [1.54, 1.807) is 0 Å². The van der Waals surface area contributed by atoms with Crippen molar-refractivity contribution < 1.29 is 23.1 Å². The fraction of sp³-hybridized carbons (Fsp3) is 0.800. The van der Waals surface area contributed by atoms with Crippen molar-refractivity contribution in [1.29, 1.82) is 0 Å². The Hall–Kier alpha value is -1.11. The molecule has 0 aromatic heterocycles. The fourth-order valence-electron chi connectivity index (χ4n) is 1.18. The third-order valence-corrected chi connectivity index (χ3v) is 3.83. The van der Waals surface area contributed by atoms with Crippen molar-refractivity contribution in [3.05, 3.63) is 0 Å². The molecule has 0 saturated carbocycles. The molecule has 0 spiro atoms. The molecule has 7 heteroatoms. The molecule has 0 saturated heterocycles. The normalized spacial score (nSPS) is 15.4. The molecule has 100 valence electrons. The van der Waals surface area contributed by atoms with Crippen LogP contribution in [0.25, 0.3) is 0 Å². The van der Waals surface area contributed by atoms with E-state index in [4.69, 9.17) is 5.11 Å². The Labute approximate surface area is 101 Å².